The number of benzene rings is 9. The van der Waals surface area contributed by atoms with Crippen molar-refractivity contribution in [3.8, 4) is 44.5 Å². The molecule has 0 spiro atoms. The normalized spacial score (nSPS) is 13.1. The molecule has 0 amide bonds. The van der Waals surface area contributed by atoms with Crippen molar-refractivity contribution in [3.63, 3.8) is 0 Å². The molecule has 61 heavy (non-hydrogen) atoms. The minimum atomic E-state index is -0.106. The third-order valence-electron chi connectivity index (χ3n) is 13.0. The number of nitrogens with zero attached hydrogens (tertiary/aromatic N) is 1. The van der Waals surface area contributed by atoms with E-state index < -0.39 is 0 Å². The molecule has 0 radical (unpaired) electrons. The summed E-state index contributed by atoms with van der Waals surface area (Å²) in [6, 6.07) is 71.5. The van der Waals surface area contributed by atoms with Gasteiger partial charge < -0.3 is 9.32 Å². The third kappa shape index (κ3) is 6.08. The van der Waals surface area contributed by atoms with Crippen molar-refractivity contribution in [2.45, 2.75) is 45.4 Å². The van der Waals surface area contributed by atoms with Gasteiger partial charge >= 0.3 is 0 Å². The van der Waals surface area contributed by atoms with Crippen molar-refractivity contribution in [2.24, 2.45) is 0 Å². The first kappa shape index (κ1) is 36.9. The summed E-state index contributed by atoms with van der Waals surface area (Å²) in [6.07, 6.45) is 0. The van der Waals surface area contributed by atoms with Gasteiger partial charge in [0.15, 0.2) is 0 Å². The average Bonchev–Trinajstić information content (AvgIpc) is 3.77. The van der Waals surface area contributed by atoms with E-state index in [9.17, 15) is 0 Å². The van der Waals surface area contributed by atoms with Crippen molar-refractivity contribution < 1.29 is 4.42 Å². The first-order chi connectivity index (χ1) is 29.6. The Morgan fingerprint density at radius 2 is 1.08 bits per heavy atom. The zero-order valence-corrected chi connectivity index (χ0v) is 35.3. The molecule has 0 fully saturated rings. The van der Waals surface area contributed by atoms with Gasteiger partial charge in [-0.1, -0.05) is 180 Å². The molecule has 0 saturated carbocycles. The zero-order chi connectivity index (χ0) is 41.5. The summed E-state index contributed by atoms with van der Waals surface area (Å²) in [6.45, 7) is 11.5. The Bertz CT molecular complexity index is 3310. The topological polar surface area (TPSA) is 16.4 Å². The van der Waals surface area contributed by atoms with E-state index in [1.54, 1.807) is 0 Å². The smallest absolute Gasteiger partial charge is 0.136 e. The van der Waals surface area contributed by atoms with Crippen molar-refractivity contribution in [1.82, 2.24) is 0 Å². The van der Waals surface area contributed by atoms with Gasteiger partial charge in [0.1, 0.15) is 11.2 Å². The summed E-state index contributed by atoms with van der Waals surface area (Å²) in [7, 11) is 0. The molecule has 0 saturated heterocycles. The standard InChI is InChI=1S/C59H47NO/c1-58(2,3)43-28-23-38(24-29-43)41-27-33-53(49(35-41)39-15-7-6-8-16-39)60(44-30-32-52-50(37-44)46-19-11-13-21-51(46)59(52,4)5)54-34-26-40-17-9-10-18-45(40)57(54)42-25-31-48-47-20-12-14-22-55(47)61-56(48)36-42/h6-37H,1-5H3. The second-order valence-electron chi connectivity index (χ2n) is 18.2. The number of rotatable bonds is 6. The molecule has 0 atom stereocenters. The van der Waals surface area contributed by atoms with Gasteiger partial charge in [-0.05, 0) is 115 Å². The van der Waals surface area contributed by atoms with Crippen LogP contribution >= 0.6 is 0 Å². The zero-order valence-electron chi connectivity index (χ0n) is 35.3. The monoisotopic (exact) mass is 785 g/mol. The van der Waals surface area contributed by atoms with Crippen LogP contribution in [0.5, 0.6) is 0 Å². The molecule has 0 unspecified atom stereocenters. The number of hydrogen-bond donors (Lipinski definition) is 0. The number of hydrogen-bond acceptors (Lipinski definition) is 2. The SMILES string of the molecule is CC(C)(C)c1ccc(-c2ccc(N(c3ccc4c(c3)-c3ccccc3C4(C)C)c3ccc4ccccc4c3-c3ccc4c(c3)oc3ccccc34)c(-c3ccccc3)c2)cc1. The molecule has 2 nitrogen and oxygen atoms in total. The molecule has 1 aromatic heterocycles. The third-order valence-corrected chi connectivity index (χ3v) is 13.0. The van der Waals surface area contributed by atoms with E-state index in [1.165, 1.54) is 49.7 Å². The molecule has 1 aliphatic carbocycles. The minimum absolute atomic E-state index is 0.0795. The van der Waals surface area contributed by atoms with E-state index in [0.29, 0.717) is 0 Å². The Balaban J connectivity index is 1.20. The van der Waals surface area contributed by atoms with Gasteiger partial charge in [-0.25, -0.2) is 0 Å². The summed E-state index contributed by atoms with van der Waals surface area (Å²) in [5.74, 6) is 0. The van der Waals surface area contributed by atoms with Gasteiger partial charge in [0, 0.05) is 33.0 Å². The van der Waals surface area contributed by atoms with Crippen molar-refractivity contribution in [2.75, 3.05) is 4.90 Å². The number of furan rings is 1. The first-order valence-electron chi connectivity index (χ1n) is 21.4. The Kier molecular flexibility index (Phi) is 8.44. The average molecular weight is 786 g/mol. The van der Waals surface area contributed by atoms with E-state index in [0.717, 1.165) is 61.3 Å². The van der Waals surface area contributed by atoms with Gasteiger partial charge in [-0.2, -0.15) is 0 Å². The van der Waals surface area contributed by atoms with Crippen molar-refractivity contribution in [3.05, 3.63) is 211 Å². The Labute approximate surface area is 358 Å². The molecule has 0 aliphatic heterocycles. The predicted molar refractivity (Wildman–Crippen MR) is 258 cm³/mol. The number of anilines is 3. The van der Waals surface area contributed by atoms with Crippen LogP contribution in [0.4, 0.5) is 17.1 Å². The van der Waals surface area contributed by atoms with Crippen LogP contribution in [0.2, 0.25) is 0 Å². The van der Waals surface area contributed by atoms with Gasteiger partial charge in [0.05, 0.1) is 11.4 Å². The largest absolute Gasteiger partial charge is 0.456 e. The molecule has 0 bridgehead atoms. The van der Waals surface area contributed by atoms with Crippen LogP contribution in [0.15, 0.2) is 199 Å². The van der Waals surface area contributed by atoms with Crippen molar-refractivity contribution in [1.29, 1.82) is 0 Å². The molecule has 2 heteroatoms. The molecule has 11 rings (SSSR count). The van der Waals surface area contributed by atoms with Crippen LogP contribution in [0.25, 0.3) is 77.2 Å². The first-order valence-corrected chi connectivity index (χ1v) is 21.4. The maximum Gasteiger partial charge on any atom is 0.136 e. The molecule has 0 N–H and O–H groups in total. The highest BCUT2D eigenvalue weighted by molar-refractivity contribution is 6.10. The molecule has 9 aromatic carbocycles. The Morgan fingerprint density at radius 3 is 1.90 bits per heavy atom. The van der Waals surface area contributed by atoms with Crippen LogP contribution < -0.4 is 4.90 Å². The van der Waals surface area contributed by atoms with Gasteiger partial charge in [-0.3, -0.25) is 0 Å². The summed E-state index contributed by atoms with van der Waals surface area (Å²) < 4.78 is 6.54. The fraction of sp³-hybridized carbons (Fsp3) is 0.119. The van der Waals surface area contributed by atoms with E-state index >= 15 is 0 Å². The second-order valence-corrected chi connectivity index (χ2v) is 18.2. The van der Waals surface area contributed by atoms with E-state index in [2.05, 4.69) is 228 Å². The van der Waals surface area contributed by atoms with E-state index in [4.69, 9.17) is 4.42 Å². The quantitative estimate of drug-likeness (QED) is 0.167. The lowest BCUT2D eigenvalue weighted by molar-refractivity contribution is 0.590. The maximum atomic E-state index is 6.54. The van der Waals surface area contributed by atoms with Crippen LogP contribution in [0, 0.1) is 0 Å². The lowest BCUT2D eigenvalue weighted by atomic mass is 9.82. The fourth-order valence-electron chi connectivity index (χ4n) is 9.81. The number of para-hydroxylation sites is 1. The summed E-state index contributed by atoms with van der Waals surface area (Å²) in [5, 5.41) is 4.62. The Hall–Kier alpha value is -7.16. The molecule has 1 aliphatic rings. The predicted octanol–water partition coefficient (Wildman–Crippen LogP) is 16.8. The summed E-state index contributed by atoms with van der Waals surface area (Å²) in [4.78, 5) is 2.51. The molecule has 10 aromatic rings. The minimum Gasteiger partial charge on any atom is -0.456 e. The van der Waals surface area contributed by atoms with E-state index in [-0.39, 0.29) is 10.8 Å². The lowest BCUT2D eigenvalue weighted by Crippen LogP contribution is -2.16. The highest BCUT2D eigenvalue weighted by atomic mass is 16.3. The van der Waals surface area contributed by atoms with Crippen LogP contribution in [0.1, 0.15) is 51.3 Å². The van der Waals surface area contributed by atoms with Gasteiger partial charge in [0.25, 0.3) is 0 Å². The van der Waals surface area contributed by atoms with Crippen molar-refractivity contribution >= 4 is 49.8 Å². The molecular formula is C59H47NO. The van der Waals surface area contributed by atoms with E-state index in [1.807, 2.05) is 6.07 Å². The fourth-order valence-corrected chi connectivity index (χ4v) is 9.81. The highest BCUT2D eigenvalue weighted by Crippen LogP contribution is 2.53. The van der Waals surface area contributed by atoms with Crippen LogP contribution in [-0.4, -0.2) is 0 Å². The summed E-state index contributed by atoms with van der Waals surface area (Å²) >= 11 is 0. The molecule has 294 valence electrons. The van der Waals surface area contributed by atoms with Crippen LogP contribution in [-0.2, 0) is 10.8 Å². The highest BCUT2D eigenvalue weighted by Gasteiger charge is 2.36. The Morgan fingerprint density at radius 1 is 0.426 bits per heavy atom. The lowest BCUT2D eigenvalue weighted by Gasteiger charge is -2.31. The second kappa shape index (κ2) is 14.0. The molecular weight excluding hydrogens is 739 g/mol. The van der Waals surface area contributed by atoms with Crippen LogP contribution in [0.3, 0.4) is 0 Å². The van der Waals surface area contributed by atoms with Gasteiger partial charge in [0.2, 0.25) is 0 Å². The molecule has 1 heterocycles. The summed E-state index contributed by atoms with van der Waals surface area (Å²) in [5.41, 5.74) is 18.6. The maximum absolute atomic E-state index is 6.54. The number of fused-ring (bicyclic) bond motifs is 7. The van der Waals surface area contributed by atoms with Gasteiger partial charge in [-0.15, -0.1) is 0 Å².